The molecule has 0 amide bonds. The minimum Gasteiger partial charge on any atom is -0.394 e. The fourth-order valence-corrected chi connectivity index (χ4v) is 1.40. The second kappa shape index (κ2) is 5.08. The topological polar surface area (TPSA) is 87.1 Å². The van der Waals surface area contributed by atoms with E-state index in [9.17, 15) is 8.42 Å². The minimum atomic E-state index is -4.58. The Morgan fingerprint density at radius 1 is 1.27 bits per heavy atom. The second-order valence-corrected chi connectivity index (χ2v) is 3.67. The molecule has 0 aromatic heterocycles. The van der Waals surface area contributed by atoms with Crippen LogP contribution in [-0.2, 0) is 14.7 Å². The lowest BCUT2D eigenvalue weighted by Crippen LogP contribution is -2.29. The SMILES string of the molecule is O=S(=O)(O)ON(CCO)c1ccccc1. The lowest BCUT2D eigenvalue weighted by Gasteiger charge is -2.19. The van der Waals surface area contributed by atoms with Crippen LogP contribution >= 0.6 is 0 Å². The van der Waals surface area contributed by atoms with Crippen molar-refractivity contribution in [3.63, 3.8) is 0 Å². The van der Waals surface area contributed by atoms with Crippen LogP contribution in [0.25, 0.3) is 0 Å². The van der Waals surface area contributed by atoms with Crippen molar-refractivity contribution in [2.75, 3.05) is 18.2 Å². The number of hydrogen-bond acceptors (Lipinski definition) is 5. The molecule has 0 fully saturated rings. The van der Waals surface area contributed by atoms with Crippen LogP contribution in [0.15, 0.2) is 30.3 Å². The summed E-state index contributed by atoms with van der Waals surface area (Å²) in [5.41, 5.74) is 0.421. The fraction of sp³-hybridized carbons (Fsp3) is 0.250. The Hall–Kier alpha value is -1.15. The van der Waals surface area contributed by atoms with Gasteiger partial charge in [-0.05, 0) is 12.1 Å². The van der Waals surface area contributed by atoms with Gasteiger partial charge in [-0.1, -0.05) is 18.2 Å². The summed E-state index contributed by atoms with van der Waals surface area (Å²) in [6, 6.07) is 8.26. The Morgan fingerprint density at radius 3 is 2.33 bits per heavy atom. The third-order valence-corrected chi connectivity index (χ3v) is 1.90. The van der Waals surface area contributed by atoms with Crippen LogP contribution < -0.4 is 5.06 Å². The number of aliphatic hydroxyl groups excluding tert-OH is 1. The summed E-state index contributed by atoms with van der Waals surface area (Å²) in [6.45, 7) is -0.367. The molecule has 0 saturated carbocycles. The Morgan fingerprint density at radius 2 is 1.87 bits per heavy atom. The normalized spacial score (nSPS) is 11.3. The van der Waals surface area contributed by atoms with Crippen LogP contribution in [0.4, 0.5) is 5.69 Å². The quantitative estimate of drug-likeness (QED) is 0.559. The molecule has 84 valence electrons. The predicted octanol–water partition coefficient (Wildman–Crippen LogP) is 0.220. The zero-order valence-electron chi connectivity index (χ0n) is 7.78. The molecular formula is C8H11NO5S. The Kier molecular flexibility index (Phi) is 4.04. The van der Waals surface area contributed by atoms with E-state index >= 15 is 0 Å². The molecule has 0 aliphatic carbocycles. The van der Waals surface area contributed by atoms with Crippen LogP contribution in [0.3, 0.4) is 0 Å². The van der Waals surface area contributed by atoms with E-state index in [1.807, 2.05) is 0 Å². The van der Waals surface area contributed by atoms with Crippen LogP contribution in [0.1, 0.15) is 0 Å². The van der Waals surface area contributed by atoms with Crippen molar-refractivity contribution < 1.29 is 22.4 Å². The van der Waals surface area contributed by atoms with Crippen molar-refractivity contribution in [1.29, 1.82) is 0 Å². The number of para-hydroxylation sites is 1. The Bertz CT molecular complexity index is 391. The standard InChI is InChI=1S/C8H11NO5S/c10-7-6-9(14-15(11,12)13)8-4-2-1-3-5-8/h1-5,10H,6-7H2,(H,11,12,13). The number of nitrogens with zero attached hydrogens (tertiary/aromatic N) is 1. The van der Waals surface area contributed by atoms with Gasteiger partial charge < -0.3 is 5.11 Å². The molecule has 0 saturated heterocycles. The summed E-state index contributed by atoms with van der Waals surface area (Å²) >= 11 is 0. The first-order valence-electron chi connectivity index (χ1n) is 4.13. The van der Waals surface area contributed by atoms with E-state index in [0.717, 1.165) is 5.06 Å². The van der Waals surface area contributed by atoms with E-state index in [4.69, 9.17) is 9.66 Å². The van der Waals surface area contributed by atoms with Gasteiger partial charge in [-0.25, -0.2) is 5.06 Å². The van der Waals surface area contributed by atoms with Crippen molar-refractivity contribution >= 4 is 16.1 Å². The van der Waals surface area contributed by atoms with Crippen LogP contribution in [-0.4, -0.2) is 31.2 Å². The van der Waals surface area contributed by atoms with Gasteiger partial charge in [0.1, 0.15) is 0 Å². The van der Waals surface area contributed by atoms with Gasteiger partial charge in [0.15, 0.2) is 0 Å². The number of hydroxylamine groups is 1. The third kappa shape index (κ3) is 4.26. The van der Waals surface area contributed by atoms with Crippen molar-refractivity contribution in [1.82, 2.24) is 0 Å². The molecule has 6 nitrogen and oxygen atoms in total. The molecule has 7 heteroatoms. The maximum Gasteiger partial charge on any atom is 0.418 e. The summed E-state index contributed by atoms with van der Waals surface area (Å²) in [5, 5.41) is 9.58. The molecule has 0 aliphatic rings. The molecule has 0 bridgehead atoms. The molecular weight excluding hydrogens is 222 g/mol. The van der Waals surface area contributed by atoms with Gasteiger partial charge >= 0.3 is 10.4 Å². The maximum atomic E-state index is 10.5. The smallest absolute Gasteiger partial charge is 0.394 e. The predicted molar refractivity (Wildman–Crippen MR) is 53.5 cm³/mol. The van der Waals surface area contributed by atoms with Gasteiger partial charge in [-0.3, -0.25) is 4.55 Å². The number of anilines is 1. The summed E-state index contributed by atoms with van der Waals surface area (Å²) in [6.07, 6.45) is 0. The van der Waals surface area contributed by atoms with E-state index in [2.05, 4.69) is 4.28 Å². The first-order chi connectivity index (χ1) is 7.03. The zero-order chi connectivity index (χ0) is 11.3. The lowest BCUT2D eigenvalue weighted by molar-refractivity contribution is 0.210. The third-order valence-electron chi connectivity index (χ3n) is 1.53. The second-order valence-electron chi connectivity index (χ2n) is 2.66. The monoisotopic (exact) mass is 233 g/mol. The van der Waals surface area contributed by atoms with Crippen molar-refractivity contribution in [2.45, 2.75) is 0 Å². The highest BCUT2D eigenvalue weighted by Crippen LogP contribution is 2.14. The molecule has 2 N–H and O–H groups in total. The molecule has 0 unspecified atom stereocenters. The molecule has 0 atom stereocenters. The van der Waals surface area contributed by atoms with Gasteiger partial charge in [0, 0.05) is 0 Å². The van der Waals surface area contributed by atoms with E-state index in [1.54, 1.807) is 30.3 Å². The Balaban J connectivity index is 2.84. The molecule has 0 aliphatic heterocycles. The number of rotatable bonds is 5. The fourth-order valence-electron chi connectivity index (χ4n) is 1.01. The number of aliphatic hydroxyl groups is 1. The van der Waals surface area contributed by atoms with E-state index in [1.165, 1.54) is 0 Å². The summed E-state index contributed by atoms with van der Waals surface area (Å²) < 4.78 is 33.8. The highest BCUT2D eigenvalue weighted by Gasteiger charge is 2.14. The summed E-state index contributed by atoms with van der Waals surface area (Å²) in [7, 11) is -4.58. The van der Waals surface area contributed by atoms with Gasteiger partial charge in [0.25, 0.3) is 0 Å². The maximum absolute atomic E-state index is 10.5. The van der Waals surface area contributed by atoms with Gasteiger partial charge in [0.05, 0.1) is 18.8 Å². The molecule has 1 rings (SSSR count). The average Bonchev–Trinajstić information content (AvgIpc) is 2.17. The van der Waals surface area contributed by atoms with E-state index in [0.29, 0.717) is 5.69 Å². The summed E-state index contributed by atoms with van der Waals surface area (Å²) in [5.74, 6) is 0. The average molecular weight is 233 g/mol. The zero-order valence-corrected chi connectivity index (χ0v) is 8.59. The van der Waals surface area contributed by atoms with Crippen molar-refractivity contribution in [3.05, 3.63) is 30.3 Å². The van der Waals surface area contributed by atoms with Gasteiger partial charge in [0.2, 0.25) is 0 Å². The highest BCUT2D eigenvalue weighted by molar-refractivity contribution is 7.80. The van der Waals surface area contributed by atoms with E-state index in [-0.39, 0.29) is 13.2 Å². The first kappa shape index (κ1) is 11.9. The van der Waals surface area contributed by atoms with Gasteiger partial charge in [-0.15, -0.1) is 4.28 Å². The lowest BCUT2D eigenvalue weighted by atomic mass is 10.3. The molecule has 0 heterocycles. The molecule has 1 aromatic rings. The van der Waals surface area contributed by atoms with Crippen molar-refractivity contribution in [2.24, 2.45) is 0 Å². The molecule has 0 spiro atoms. The largest absolute Gasteiger partial charge is 0.418 e. The summed E-state index contributed by atoms with van der Waals surface area (Å²) in [4.78, 5) is 0. The number of benzene rings is 1. The first-order valence-corrected chi connectivity index (χ1v) is 5.50. The van der Waals surface area contributed by atoms with Gasteiger partial charge in [-0.2, -0.15) is 8.42 Å². The van der Waals surface area contributed by atoms with Crippen LogP contribution in [0.2, 0.25) is 0 Å². The van der Waals surface area contributed by atoms with E-state index < -0.39 is 10.4 Å². The highest BCUT2D eigenvalue weighted by atomic mass is 32.3. The van der Waals surface area contributed by atoms with Crippen LogP contribution in [0, 0.1) is 0 Å². The molecule has 15 heavy (non-hydrogen) atoms. The Labute approximate surface area is 87.6 Å². The van der Waals surface area contributed by atoms with Crippen LogP contribution in [0.5, 0.6) is 0 Å². The molecule has 1 aromatic carbocycles. The molecule has 0 radical (unpaired) electrons. The van der Waals surface area contributed by atoms with Crippen molar-refractivity contribution in [3.8, 4) is 0 Å². The minimum absolute atomic E-state index is 0.0657. The number of hydrogen-bond donors (Lipinski definition) is 2.